The number of nitrogens with one attached hydrogen (secondary N) is 1. The van der Waals surface area contributed by atoms with Gasteiger partial charge < -0.3 is 11.1 Å². The number of hydrogen-bond acceptors (Lipinski definition) is 2. The smallest absolute Gasteiger partial charge is 0.237 e. The van der Waals surface area contributed by atoms with E-state index in [4.69, 9.17) is 5.73 Å². The van der Waals surface area contributed by atoms with Gasteiger partial charge in [-0.05, 0) is 29.5 Å². The maximum atomic E-state index is 12.9. The van der Waals surface area contributed by atoms with Gasteiger partial charge >= 0.3 is 0 Å². The summed E-state index contributed by atoms with van der Waals surface area (Å²) in [5, 5.41) is 2.95. The van der Waals surface area contributed by atoms with E-state index in [2.05, 4.69) is 5.32 Å². The zero-order valence-electron chi connectivity index (χ0n) is 12.0. The summed E-state index contributed by atoms with van der Waals surface area (Å²) in [5.41, 5.74) is 6.73. The van der Waals surface area contributed by atoms with Gasteiger partial charge in [0.2, 0.25) is 5.91 Å². The summed E-state index contributed by atoms with van der Waals surface area (Å²) in [7, 11) is 0. The van der Waals surface area contributed by atoms with Crippen LogP contribution in [0, 0.1) is 17.7 Å². The highest BCUT2D eigenvalue weighted by atomic mass is 19.1. The Kier molecular flexibility index (Phi) is 5.48. The van der Waals surface area contributed by atoms with Crippen LogP contribution in [0.1, 0.15) is 39.3 Å². The van der Waals surface area contributed by atoms with Crippen LogP contribution in [0.15, 0.2) is 24.3 Å². The van der Waals surface area contributed by atoms with Crippen molar-refractivity contribution in [2.24, 2.45) is 17.6 Å². The number of hydrogen-bond donors (Lipinski definition) is 2. The van der Waals surface area contributed by atoms with Crippen molar-refractivity contribution in [2.45, 2.75) is 39.8 Å². The van der Waals surface area contributed by atoms with E-state index in [-0.39, 0.29) is 29.6 Å². The molecule has 1 unspecified atom stereocenters. The molecule has 1 amide bonds. The van der Waals surface area contributed by atoms with Crippen molar-refractivity contribution in [1.29, 1.82) is 0 Å². The summed E-state index contributed by atoms with van der Waals surface area (Å²) in [5.74, 6) is -0.163. The average molecular weight is 266 g/mol. The Hall–Kier alpha value is -1.42. The second kappa shape index (κ2) is 6.66. The first-order valence-electron chi connectivity index (χ1n) is 6.64. The van der Waals surface area contributed by atoms with Crippen molar-refractivity contribution >= 4 is 5.91 Å². The molecule has 0 spiro atoms. The lowest BCUT2D eigenvalue weighted by atomic mass is 9.95. The van der Waals surface area contributed by atoms with Crippen molar-refractivity contribution in [3.8, 4) is 0 Å². The maximum absolute atomic E-state index is 12.9. The molecule has 0 heterocycles. The molecular formula is C15H23FN2O. The monoisotopic (exact) mass is 266 g/mol. The number of carbonyl (C=O) groups excluding carboxylic acids is 1. The fourth-order valence-corrected chi connectivity index (χ4v) is 1.86. The molecule has 3 nitrogen and oxygen atoms in total. The third-order valence-corrected chi connectivity index (χ3v) is 3.21. The number of benzene rings is 1. The van der Waals surface area contributed by atoms with Gasteiger partial charge in [0.25, 0.3) is 0 Å². The van der Waals surface area contributed by atoms with Crippen LogP contribution in [0.3, 0.4) is 0 Å². The molecule has 0 saturated heterocycles. The van der Waals surface area contributed by atoms with Crippen molar-refractivity contribution in [1.82, 2.24) is 5.32 Å². The number of nitrogens with two attached hydrogens (primary N) is 1. The first kappa shape index (κ1) is 15.6. The normalized spacial score (nSPS) is 14.5. The minimum absolute atomic E-state index is 0.0843. The molecule has 19 heavy (non-hydrogen) atoms. The highest BCUT2D eigenvalue weighted by molar-refractivity contribution is 5.82. The molecule has 0 fully saturated rings. The largest absolute Gasteiger partial charge is 0.348 e. The van der Waals surface area contributed by atoms with Gasteiger partial charge in [0, 0.05) is 0 Å². The standard InChI is InChI=1S/C15H23FN2O/c1-9(2)13(17)15(19)18-14(10(3)4)11-5-7-12(16)8-6-11/h5-10,13-14H,17H2,1-4H3,(H,18,19)/t13-,14?/m0/s1. The molecule has 0 radical (unpaired) electrons. The van der Waals surface area contributed by atoms with Crippen LogP contribution >= 0.6 is 0 Å². The Morgan fingerprint density at radius 2 is 1.63 bits per heavy atom. The average Bonchev–Trinajstić information content (AvgIpc) is 2.35. The molecule has 2 atom stereocenters. The highest BCUT2D eigenvalue weighted by Crippen LogP contribution is 2.22. The second-order valence-corrected chi connectivity index (χ2v) is 5.55. The summed E-state index contributed by atoms with van der Waals surface area (Å²) in [6.07, 6.45) is 0. The number of amides is 1. The molecule has 1 aromatic carbocycles. The highest BCUT2D eigenvalue weighted by Gasteiger charge is 2.23. The molecule has 0 aliphatic heterocycles. The molecule has 4 heteroatoms. The predicted octanol–water partition coefficient (Wildman–Crippen LogP) is 2.62. The summed E-state index contributed by atoms with van der Waals surface area (Å²) in [6, 6.07) is 5.51. The van der Waals surface area contributed by atoms with Gasteiger partial charge in [0.05, 0.1) is 12.1 Å². The van der Waals surface area contributed by atoms with Crippen molar-refractivity contribution in [3.63, 3.8) is 0 Å². The molecule has 1 rings (SSSR count). The quantitative estimate of drug-likeness (QED) is 0.860. The second-order valence-electron chi connectivity index (χ2n) is 5.55. The van der Waals surface area contributed by atoms with E-state index < -0.39 is 6.04 Å². The summed E-state index contributed by atoms with van der Waals surface area (Å²) in [4.78, 5) is 12.0. The van der Waals surface area contributed by atoms with E-state index in [0.717, 1.165) is 5.56 Å². The van der Waals surface area contributed by atoms with Gasteiger partial charge in [-0.15, -0.1) is 0 Å². The van der Waals surface area contributed by atoms with Gasteiger partial charge in [-0.1, -0.05) is 39.8 Å². The van der Waals surface area contributed by atoms with Crippen molar-refractivity contribution in [2.75, 3.05) is 0 Å². The zero-order valence-corrected chi connectivity index (χ0v) is 12.0. The van der Waals surface area contributed by atoms with E-state index >= 15 is 0 Å². The molecule has 0 aliphatic rings. The third kappa shape index (κ3) is 4.31. The first-order valence-corrected chi connectivity index (χ1v) is 6.64. The van der Waals surface area contributed by atoms with E-state index in [1.165, 1.54) is 12.1 Å². The topological polar surface area (TPSA) is 55.1 Å². The number of rotatable bonds is 5. The molecule has 1 aromatic rings. The molecule has 3 N–H and O–H groups in total. The van der Waals surface area contributed by atoms with Gasteiger partial charge in [-0.25, -0.2) is 4.39 Å². The molecule has 0 saturated carbocycles. The van der Waals surface area contributed by atoms with Gasteiger partial charge in [-0.3, -0.25) is 4.79 Å². The van der Waals surface area contributed by atoms with Crippen LogP contribution < -0.4 is 11.1 Å². The number of carbonyl (C=O) groups is 1. The number of halogens is 1. The van der Waals surface area contributed by atoms with Crippen LogP contribution in [-0.4, -0.2) is 11.9 Å². The Labute approximate surface area is 114 Å². The lowest BCUT2D eigenvalue weighted by molar-refractivity contribution is -0.124. The van der Waals surface area contributed by atoms with Gasteiger partial charge in [-0.2, -0.15) is 0 Å². The Bertz CT molecular complexity index is 415. The van der Waals surface area contributed by atoms with Gasteiger partial charge in [0.1, 0.15) is 5.82 Å². The van der Waals surface area contributed by atoms with Gasteiger partial charge in [0.15, 0.2) is 0 Å². The van der Waals surface area contributed by atoms with Crippen molar-refractivity contribution in [3.05, 3.63) is 35.6 Å². The predicted molar refractivity (Wildman–Crippen MR) is 74.9 cm³/mol. The van der Waals surface area contributed by atoms with E-state index in [9.17, 15) is 9.18 Å². The lowest BCUT2D eigenvalue weighted by Gasteiger charge is -2.25. The molecule has 106 valence electrons. The maximum Gasteiger partial charge on any atom is 0.237 e. The van der Waals surface area contributed by atoms with E-state index in [1.807, 2.05) is 27.7 Å². The first-order chi connectivity index (χ1) is 8.82. The van der Waals surface area contributed by atoms with Crippen LogP contribution in [0.4, 0.5) is 4.39 Å². The van der Waals surface area contributed by atoms with Crippen LogP contribution in [0.25, 0.3) is 0 Å². The molecule has 0 aliphatic carbocycles. The van der Waals surface area contributed by atoms with Crippen LogP contribution in [0.2, 0.25) is 0 Å². The Balaban J connectivity index is 2.85. The lowest BCUT2D eigenvalue weighted by Crippen LogP contribution is -2.46. The molecule has 0 aromatic heterocycles. The van der Waals surface area contributed by atoms with Crippen LogP contribution in [-0.2, 0) is 4.79 Å². The Morgan fingerprint density at radius 1 is 1.11 bits per heavy atom. The molecule has 0 bridgehead atoms. The molecular weight excluding hydrogens is 243 g/mol. The summed E-state index contributed by atoms with van der Waals surface area (Å²) >= 11 is 0. The summed E-state index contributed by atoms with van der Waals surface area (Å²) in [6.45, 7) is 7.84. The fraction of sp³-hybridized carbons (Fsp3) is 0.533. The fourth-order valence-electron chi connectivity index (χ4n) is 1.86. The summed E-state index contributed by atoms with van der Waals surface area (Å²) < 4.78 is 12.9. The minimum Gasteiger partial charge on any atom is -0.348 e. The third-order valence-electron chi connectivity index (χ3n) is 3.21. The van der Waals surface area contributed by atoms with Crippen LogP contribution in [0.5, 0.6) is 0 Å². The minimum atomic E-state index is -0.526. The SMILES string of the molecule is CC(C)C(NC(=O)[C@@H](N)C(C)C)c1ccc(F)cc1. The van der Waals surface area contributed by atoms with E-state index in [0.29, 0.717) is 0 Å². The Morgan fingerprint density at radius 3 is 2.05 bits per heavy atom. The van der Waals surface area contributed by atoms with Crippen molar-refractivity contribution < 1.29 is 9.18 Å². The van der Waals surface area contributed by atoms with E-state index in [1.54, 1.807) is 12.1 Å². The zero-order chi connectivity index (χ0) is 14.6.